The van der Waals surface area contributed by atoms with Crippen LogP contribution in [-0.2, 0) is 20.1 Å². The lowest BCUT2D eigenvalue weighted by Crippen LogP contribution is -2.38. The minimum Gasteiger partial charge on any atom is -0.394 e. The van der Waals surface area contributed by atoms with Gasteiger partial charge in [0.25, 0.3) is 5.56 Å². The van der Waals surface area contributed by atoms with Crippen LogP contribution in [0.3, 0.4) is 0 Å². The van der Waals surface area contributed by atoms with Gasteiger partial charge >= 0.3 is 5.69 Å². The van der Waals surface area contributed by atoms with Crippen LogP contribution in [-0.4, -0.2) is 41.6 Å². The Balaban J connectivity index is 2.29. The number of hydrogen-bond acceptors (Lipinski definition) is 5. The molecule has 23 heavy (non-hydrogen) atoms. The third-order valence-corrected chi connectivity index (χ3v) is 3.94. The van der Waals surface area contributed by atoms with Gasteiger partial charge in [0.2, 0.25) is 0 Å². The molecule has 0 aliphatic carbocycles. The largest absolute Gasteiger partial charge is 0.394 e. The second-order valence-electron chi connectivity index (χ2n) is 5.74. The van der Waals surface area contributed by atoms with Crippen molar-refractivity contribution in [3.8, 4) is 0 Å². The number of imidazole rings is 1. The van der Waals surface area contributed by atoms with Gasteiger partial charge in [0.1, 0.15) is 0 Å². The van der Waals surface area contributed by atoms with Gasteiger partial charge in [-0.2, -0.15) is 0 Å². The van der Waals surface area contributed by atoms with Crippen LogP contribution >= 0.6 is 0 Å². The molecule has 0 radical (unpaired) electrons. The van der Waals surface area contributed by atoms with Gasteiger partial charge in [-0.3, -0.25) is 13.9 Å². The lowest BCUT2D eigenvalue weighted by atomic mass is 10.1. The zero-order chi connectivity index (χ0) is 17.0. The van der Waals surface area contributed by atoms with Crippen molar-refractivity contribution in [3.05, 3.63) is 27.2 Å². The van der Waals surface area contributed by atoms with E-state index >= 15 is 0 Å². The number of aliphatic hydroxyl groups is 2. The first-order valence-corrected chi connectivity index (χ1v) is 7.94. The van der Waals surface area contributed by atoms with Gasteiger partial charge in [-0.15, -0.1) is 0 Å². The zero-order valence-electron chi connectivity index (χ0n) is 13.6. The Morgan fingerprint density at radius 1 is 1.26 bits per heavy atom. The molecular weight excluding hydrogens is 300 g/mol. The van der Waals surface area contributed by atoms with Crippen LogP contribution in [0.2, 0.25) is 0 Å². The SMILES string of the molecule is CCCn1c(=O)n(C)c(=O)c2c1ncn2CCCCC(O)CO. The number of nitrogens with zero attached hydrogens (tertiary/aromatic N) is 4. The zero-order valence-corrected chi connectivity index (χ0v) is 13.6. The number of hydrogen-bond donors (Lipinski definition) is 2. The molecule has 2 N–H and O–H groups in total. The van der Waals surface area contributed by atoms with Crippen LogP contribution in [0.25, 0.3) is 11.2 Å². The molecular formula is C15H24N4O4. The van der Waals surface area contributed by atoms with E-state index in [1.165, 1.54) is 11.6 Å². The van der Waals surface area contributed by atoms with Crippen molar-refractivity contribution < 1.29 is 10.2 Å². The number of aliphatic hydroxyl groups excluding tert-OH is 2. The first-order valence-electron chi connectivity index (χ1n) is 7.94. The Bertz CT molecular complexity index is 774. The summed E-state index contributed by atoms with van der Waals surface area (Å²) in [6, 6.07) is 0. The monoisotopic (exact) mass is 324 g/mol. The summed E-state index contributed by atoms with van der Waals surface area (Å²) in [4.78, 5) is 28.8. The highest BCUT2D eigenvalue weighted by molar-refractivity contribution is 5.70. The van der Waals surface area contributed by atoms with Gasteiger partial charge < -0.3 is 14.8 Å². The van der Waals surface area contributed by atoms with E-state index < -0.39 is 6.10 Å². The fraction of sp³-hybridized carbons (Fsp3) is 0.667. The van der Waals surface area contributed by atoms with E-state index in [0.717, 1.165) is 23.8 Å². The number of aromatic nitrogens is 4. The smallest absolute Gasteiger partial charge is 0.332 e. The third kappa shape index (κ3) is 3.53. The molecule has 2 rings (SSSR count). The predicted octanol–water partition coefficient (Wildman–Crippen LogP) is -0.170. The first kappa shape index (κ1) is 17.4. The molecule has 0 fully saturated rings. The molecule has 0 bridgehead atoms. The van der Waals surface area contributed by atoms with Crippen molar-refractivity contribution in [1.29, 1.82) is 0 Å². The quantitative estimate of drug-likeness (QED) is 0.656. The standard InChI is InChI=1S/C15H24N4O4/c1-3-7-19-13-12(14(22)17(2)15(19)23)18(10-16-13)8-5-4-6-11(21)9-20/h10-11,20-21H,3-9H2,1-2H3. The highest BCUT2D eigenvalue weighted by Gasteiger charge is 2.15. The van der Waals surface area contributed by atoms with Gasteiger partial charge in [-0.1, -0.05) is 6.92 Å². The maximum absolute atomic E-state index is 12.4. The topological polar surface area (TPSA) is 102 Å². The fourth-order valence-electron chi connectivity index (χ4n) is 2.65. The highest BCUT2D eigenvalue weighted by Crippen LogP contribution is 2.10. The van der Waals surface area contributed by atoms with Crippen molar-refractivity contribution in [1.82, 2.24) is 18.7 Å². The van der Waals surface area contributed by atoms with E-state index in [0.29, 0.717) is 30.7 Å². The average Bonchev–Trinajstić information content (AvgIpc) is 2.97. The molecule has 1 atom stereocenters. The molecule has 0 aliphatic heterocycles. The Morgan fingerprint density at radius 2 is 2.00 bits per heavy atom. The Hall–Kier alpha value is -1.93. The highest BCUT2D eigenvalue weighted by atomic mass is 16.3. The van der Waals surface area contributed by atoms with Crippen LogP contribution < -0.4 is 11.2 Å². The molecule has 8 nitrogen and oxygen atoms in total. The van der Waals surface area contributed by atoms with Gasteiger partial charge in [0, 0.05) is 20.1 Å². The maximum Gasteiger partial charge on any atom is 0.332 e. The second kappa shape index (κ2) is 7.56. The van der Waals surface area contributed by atoms with E-state index in [-0.39, 0.29) is 17.9 Å². The summed E-state index contributed by atoms with van der Waals surface area (Å²) in [5.41, 5.74) is 0.171. The third-order valence-electron chi connectivity index (χ3n) is 3.94. The molecule has 1 unspecified atom stereocenters. The van der Waals surface area contributed by atoms with Crippen molar-refractivity contribution in [2.24, 2.45) is 7.05 Å². The summed E-state index contributed by atoms with van der Waals surface area (Å²) in [6.45, 7) is 2.82. The minimum atomic E-state index is -0.697. The van der Waals surface area contributed by atoms with Crippen LogP contribution in [0.15, 0.2) is 15.9 Å². The molecule has 0 aromatic carbocycles. The number of fused-ring (bicyclic) bond motifs is 1. The summed E-state index contributed by atoms with van der Waals surface area (Å²) in [5.74, 6) is 0. The van der Waals surface area contributed by atoms with Gasteiger partial charge in [0.05, 0.1) is 19.0 Å². The normalized spacial score (nSPS) is 12.9. The van der Waals surface area contributed by atoms with Crippen molar-refractivity contribution in [2.75, 3.05) is 6.61 Å². The summed E-state index contributed by atoms with van der Waals surface area (Å²) >= 11 is 0. The van der Waals surface area contributed by atoms with E-state index in [1.54, 1.807) is 10.9 Å². The van der Waals surface area contributed by atoms with E-state index in [4.69, 9.17) is 5.11 Å². The molecule has 2 aromatic heterocycles. The van der Waals surface area contributed by atoms with E-state index in [2.05, 4.69) is 4.98 Å². The fourth-order valence-corrected chi connectivity index (χ4v) is 2.65. The summed E-state index contributed by atoms with van der Waals surface area (Å²) in [7, 11) is 1.48. The Labute approximate surface area is 133 Å². The first-order chi connectivity index (χ1) is 11.0. The molecule has 0 saturated heterocycles. The van der Waals surface area contributed by atoms with Crippen molar-refractivity contribution in [2.45, 2.75) is 51.8 Å². The lowest BCUT2D eigenvalue weighted by molar-refractivity contribution is 0.0859. The molecule has 2 aromatic rings. The molecule has 0 amide bonds. The van der Waals surface area contributed by atoms with Gasteiger partial charge in [-0.05, 0) is 25.7 Å². The molecule has 0 saturated carbocycles. The van der Waals surface area contributed by atoms with Crippen LogP contribution in [0.1, 0.15) is 32.6 Å². The van der Waals surface area contributed by atoms with E-state index in [9.17, 15) is 14.7 Å². The van der Waals surface area contributed by atoms with Crippen LogP contribution in [0.5, 0.6) is 0 Å². The number of unbranched alkanes of at least 4 members (excludes halogenated alkanes) is 1. The van der Waals surface area contributed by atoms with Crippen LogP contribution in [0.4, 0.5) is 0 Å². The van der Waals surface area contributed by atoms with Gasteiger partial charge in [0.15, 0.2) is 11.2 Å². The average molecular weight is 324 g/mol. The number of rotatable bonds is 8. The van der Waals surface area contributed by atoms with Crippen LogP contribution in [0, 0.1) is 0 Å². The molecule has 8 heteroatoms. The molecule has 2 heterocycles. The summed E-state index contributed by atoms with van der Waals surface area (Å²) < 4.78 is 4.41. The molecule has 0 spiro atoms. The lowest BCUT2D eigenvalue weighted by Gasteiger charge is -2.10. The predicted molar refractivity (Wildman–Crippen MR) is 86.5 cm³/mol. The molecule has 0 aliphatic rings. The molecule has 128 valence electrons. The van der Waals surface area contributed by atoms with Gasteiger partial charge in [-0.25, -0.2) is 9.78 Å². The Kier molecular flexibility index (Phi) is 5.73. The summed E-state index contributed by atoms with van der Waals surface area (Å²) in [5, 5.41) is 18.1. The summed E-state index contributed by atoms with van der Waals surface area (Å²) in [6.07, 6.45) is 3.66. The van der Waals surface area contributed by atoms with Crippen molar-refractivity contribution >= 4 is 11.2 Å². The minimum absolute atomic E-state index is 0.238. The van der Waals surface area contributed by atoms with Crippen molar-refractivity contribution in [3.63, 3.8) is 0 Å². The maximum atomic E-state index is 12.4. The van der Waals surface area contributed by atoms with E-state index in [1.807, 2.05) is 6.92 Å². The Morgan fingerprint density at radius 3 is 2.65 bits per heavy atom. The second-order valence-corrected chi connectivity index (χ2v) is 5.74. The number of aryl methyl sites for hydroxylation is 2.